The van der Waals surface area contributed by atoms with Gasteiger partial charge in [-0.25, -0.2) is 0 Å². The van der Waals surface area contributed by atoms with Crippen LogP contribution in [0.4, 0.5) is 0 Å². The van der Waals surface area contributed by atoms with E-state index in [9.17, 15) is 9.59 Å². The van der Waals surface area contributed by atoms with E-state index in [2.05, 4.69) is 5.32 Å². The highest BCUT2D eigenvalue weighted by Crippen LogP contribution is 2.29. The van der Waals surface area contributed by atoms with Crippen LogP contribution in [0.25, 0.3) is 0 Å². The molecule has 0 aliphatic carbocycles. The minimum atomic E-state index is -0.389. The second-order valence-electron chi connectivity index (χ2n) is 6.85. The zero-order valence-electron chi connectivity index (χ0n) is 17.4. The molecule has 0 aliphatic heterocycles. The molecule has 0 saturated carbocycles. The van der Waals surface area contributed by atoms with Gasteiger partial charge in [0.05, 0.1) is 20.1 Å². The predicted octanol–water partition coefficient (Wildman–Crippen LogP) is 3.69. The number of esters is 1. The molecule has 6 nitrogen and oxygen atoms in total. The molecule has 2 atom stereocenters. The maximum atomic E-state index is 12.6. The quantitative estimate of drug-likeness (QED) is 0.617. The first kappa shape index (κ1) is 22.3. The topological polar surface area (TPSA) is 73.9 Å². The predicted molar refractivity (Wildman–Crippen MR) is 111 cm³/mol. The first-order valence-electron chi connectivity index (χ1n) is 9.69. The lowest BCUT2D eigenvalue weighted by atomic mass is 9.86. The molecule has 2 aromatic carbocycles. The molecule has 156 valence electrons. The molecule has 0 fully saturated rings. The van der Waals surface area contributed by atoms with Gasteiger partial charge in [0.2, 0.25) is 0 Å². The van der Waals surface area contributed by atoms with E-state index in [4.69, 9.17) is 14.2 Å². The monoisotopic (exact) mass is 399 g/mol. The van der Waals surface area contributed by atoms with E-state index in [1.165, 1.54) is 0 Å². The molecule has 0 saturated heterocycles. The number of carbonyl (C=O) groups is 2. The Morgan fingerprint density at radius 1 is 1.00 bits per heavy atom. The molecule has 0 unspecified atom stereocenters. The molecule has 0 heterocycles. The molecular weight excluding hydrogens is 370 g/mol. The molecule has 6 heteroatoms. The number of methoxy groups -OCH3 is 2. The van der Waals surface area contributed by atoms with E-state index in [1.807, 2.05) is 50.2 Å². The van der Waals surface area contributed by atoms with Crippen LogP contribution in [0.3, 0.4) is 0 Å². The molecule has 2 aromatic rings. The molecule has 0 spiro atoms. The SMILES string of the molecule is CC[C@@H](C)[C@H](C(=O)OCC(=O)NCc1ccc(OC)c(OC)c1)c1ccccc1. The van der Waals surface area contributed by atoms with Gasteiger partial charge in [-0.3, -0.25) is 9.59 Å². The Morgan fingerprint density at radius 3 is 2.31 bits per heavy atom. The first-order valence-corrected chi connectivity index (χ1v) is 9.69. The summed E-state index contributed by atoms with van der Waals surface area (Å²) in [6.07, 6.45) is 0.833. The summed E-state index contributed by atoms with van der Waals surface area (Å²) >= 11 is 0. The summed E-state index contributed by atoms with van der Waals surface area (Å²) < 4.78 is 15.8. The van der Waals surface area contributed by atoms with Crippen molar-refractivity contribution in [1.29, 1.82) is 0 Å². The van der Waals surface area contributed by atoms with Crippen molar-refractivity contribution < 1.29 is 23.8 Å². The van der Waals surface area contributed by atoms with Crippen molar-refractivity contribution in [2.24, 2.45) is 5.92 Å². The van der Waals surface area contributed by atoms with Crippen LogP contribution < -0.4 is 14.8 Å². The fraction of sp³-hybridized carbons (Fsp3) is 0.391. The third-order valence-corrected chi connectivity index (χ3v) is 4.91. The normalized spacial score (nSPS) is 12.6. The highest BCUT2D eigenvalue weighted by molar-refractivity contribution is 5.83. The van der Waals surface area contributed by atoms with Crippen molar-refractivity contribution in [2.45, 2.75) is 32.7 Å². The minimum Gasteiger partial charge on any atom is -0.493 e. The first-order chi connectivity index (χ1) is 14.0. The average molecular weight is 399 g/mol. The van der Waals surface area contributed by atoms with Crippen LogP contribution in [0.5, 0.6) is 11.5 Å². The molecule has 0 aromatic heterocycles. The molecular formula is C23H29NO5. The lowest BCUT2D eigenvalue weighted by molar-refractivity contribution is -0.151. The lowest BCUT2D eigenvalue weighted by Gasteiger charge is -2.21. The van der Waals surface area contributed by atoms with Crippen LogP contribution in [-0.2, 0) is 20.9 Å². The van der Waals surface area contributed by atoms with Crippen LogP contribution in [-0.4, -0.2) is 32.7 Å². The highest BCUT2D eigenvalue weighted by atomic mass is 16.5. The summed E-state index contributed by atoms with van der Waals surface area (Å²) in [4.78, 5) is 24.8. The summed E-state index contributed by atoms with van der Waals surface area (Å²) in [6.45, 7) is 4.02. The number of ether oxygens (including phenoxy) is 3. The van der Waals surface area contributed by atoms with E-state index >= 15 is 0 Å². The van der Waals surface area contributed by atoms with Crippen molar-refractivity contribution in [3.63, 3.8) is 0 Å². The standard InChI is InChI=1S/C23H29NO5/c1-5-16(2)22(18-9-7-6-8-10-18)23(26)29-15-21(25)24-14-17-11-12-19(27-3)20(13-17)28-4/h6-13,16,22H,5,14-15H2,1-4H3,(H,24,25)/t16-,22+/m1/s1. The van der Waals surface area contributed by atoms with E-state index in [0.29, 0.717) is 18.0 Å². The Labute approximate surface area is 172 Å². The van der Waals surface area contributed by atoms with Gasteiger partial charge in [0.15, 0.2) is 18.1 Å². The van der Waals surface area contributed by atoms with Gasteiger partial charge >= 0.3 is 5.97 Å². The number of rotatable bonds is 10. The molecule has 1 N–H and O–H groups in total. The smallest absolute Gasteiger partial charge is 0.314 e. The summed E-state index contributed by atoms with van der Waals surface area (Å²) in [7, 11) is 3.12. The third kappa shape index (κ3) is 6.24. The summed E-state index contributed by atoms with van der Waals surface area (Å²) in [6, 6.07) is 14.9. The van der Waals surface area contributed by atoms with Crippen molar-refractivity contribution in [2.75, 3.05) is 20.8 Å². The van der Waals surface area contributed by atoms with Crippen molar-refractivity contribution in [1.82, 2.24) is 5.32 Å². The van der Waals surface area contributed by atoms with Gasteiger partial charge in [0.1, 0.15) is 0 Å². The number of hydrogen-bond donors (Lipinski definition) is 1. The Morgan fingerprint density at radius 2 is 1.69 bits per heavy atom. The summed E-state index contributed by atoms with van der Waals surface area (Å²) in [5, 5.41) is 2.75. The Kier molecular flexibility index (Phi) is 8.52. The zero-order chi connectivity index (χ0) is 21.2. The fourth-order valence-corrected chi connectivity index (χ4v) is 3.06. The van der Waals surface area contributed by atoms with E-state index < -0.39 is 0 Å². The van der Waals surface area contributed by atoms with Crippen molar-refractivity contribution >= 4 is 11.9 Å². The number of amides is 1. The van der Waals surface area contributed by atoms with Gasteiger partial charge in [0, 0.05) is 6.54 Å². The fourth-order valence-electron chi connectivity index (χ4n) is 3.06. The van der Waals surface area contributed by atoms with Gasteiger partial charge in [-0.1, -0.05) is 56.7 Å². The van der Waals surface area contributed by atoms with Crippen LogP contribution in [0, 0.1) is 5.92 Å². The molecule has 0 radical (unpaired) electrons. The Hall–Kier alpha value is -3.02. The molecule has 0 bridgehead atoms. The summed E-state index contributed by atoms with van der Waals surface area (Å²) in [5.41, 5.74) is 1.75. The van der Waals surface area contributed by atoms with Crippen LogP contribution >= 0.6 is 0 Å². The second kappa shape index (κ2) is 11.1. The van der Waals surface area contributed by atoms with Crippen LogP contribution in [0.2, 0.25) is 0 Å². The van der Waals surface area contributed by atoms with E-state index in [-0.39, 0.29) is 30.3 Å². The van der Waals surface area contributed by atoms with Gasteiger partial charge in [-0.15, -0.1) is 0 Å². The summed E-state index contributed by atoms with van der Waals surface area (Å²) in [5.74, 6) is 0.189. The molecule has 29 heavy (non-hydrogen) atoms. The van der Waals surface area contributed by atoms with Crippen molar-refractivity contribution in [3.8, 4) is 11.5 Å². The van der Waals surface area contributed by atoms with Gasteiger partial charge in [0.25, 0.3) is 5.91 Å². The molecule has 2 rings (SSSR count). The minimum absolute atomic E-state index is 0.111. The van der Waals surface area contributed by atoms with Crippen LogP contribution in [0.1, 0.15) is 37.3 Å². The largest absolute Gasteiger partial charge is 0.493 e. The zero-order valence-corrected chi connectivity index (χ0v) is 17.4. The highest BCUT2D eigenvalue weighted by Gasteiger charge is 2.27. The second-order valence-corrected chi connectivity index (χ2v) is 6.85. The van der Waals surface area contributed by atoms with Gasteiger partial charge < -0.3 is 19.5 Å². The van der Waals surface area contributed by atoms with Gasteiger partial charge in [-0.2, -0.15) is 0 Å². The number of benzene rings is 2. The lowest BCUT2D eigenvalue weighted by Crippen LogP contribution is -2.30. The Bertz CT molecular complexity index is 806. The van der Waals surface area contributed by atoms with E-state index in [1.54, 1.807) is 26.4 Å². The maximum Gasteiger partial charge on any atom is 0.314 e. The number of nitrogens with one attached hydrogen (secondary N) is 1. The van der Waals surface area contributed by atoms with Crippen LogP contribution in [0.15, 0.2) is 48.5 Å². The average Bonchev–Trinajstić information content (AvgIpc) is 2.76. The number of hydrogen-bond acceptors (Lipinski definition) is 5. The number of carbonyl (C=O) groups excluding carboxylic acids is 2. The molecule has 0 aliphatic rings. The van der Waals surface area contributed by atoms with Crippen molar-refractivity contribution in [3.05, 3.63) is 59.7 Å². The third-order valence-electron chi connectivity index (χ3n) is 4.91. The van der Waals surface area contributed by atoms with E-state index in [0.717, 1.165) is 17.5 Å². The Balaban J connectivity index is 1.91. The maximum absolute atomic E-state index is 12.6. The van der Waals surface area contributed by atoms with Gasteiger partial charge in [-0.05, 0) is 29.2 Å². The molecule has 1 amide bonds.